The van der Waals surface area contributed by atoms with Crippen molar-refractivity contribution in [1.29, 1.82) is 0 Å². The van der Waals surface area contributed by atoms with Gasteiger partial charge < -0.3 is 4.42 Å². The van der Waals surface area contributed by atoms with Crippen LogP contribution in [0.5, 0.6) is 0 Å². The number of aromatic nitrogens is 1. The first-order valence-electron chi connectivity index (χ1n) is 5.97. The second-order valence-corrected chi connectivity index (χ2v) is 5.13. The highest BCUT2D eigenvalue weighted by Gasteiger charge is 2.18. The molecule has 0 fully saturated rings. The summed E-state index contributed by atoms with van der Waals surface area (Å²) in [6.45, 7) is 0. The first kappa shape index (κ1) is 13.0. The molecule has 5 heteroatoms. The van der Waals surface area contributed by atoms with Crippen molar-refractivity contribution in [3.8, 4) is 0 Å². The molecule has 0 saturated heterocycles. The van der Waals surface area contributed by atoms with Crippen molar-refractivity contribution in [2.24, 2.45) is 0 Å². The summed E-state index contributed by atoms with van der Waals surface area (Å²) in [6, 6.07) is 11.7. The van der Waals surface area contributed by atoms with E-state index < -0.39 is 5.82 Å². The van der Waals surface area contributed by atoms with Crippen molar-refractivity contribution in [2.45, 2.75) is 6.42 Å². The summed E-state index contributed by atoms with van der Waals surface area (Å²) in [5.74, 6) is -0.645. The highest BCUT2D eigenvalue weighted by atomic mass is 79.9. The molecule has 0 saturated carbocycles. The van der Waals surface area contributed by atoms with E-state index in [0.29, 0.717) is 15.6 Å². The number of carbonyl (C=O) groups excluding carboxylic acids is 1. The van der Waals surface area contributed by atoms with Crippen LogP contribution in [0.2, 0.25) is 0 Å². The Kier molecular flexibility index (Phi) is 3.36. The Morgan fingerprint density at radius 1 is 1.20 bits per heavy atom. The minimum Gasteiger partial charge on any atom is -0.440 e. The molecule has 0 aliphatic rings. The number of rotatable bonds is 3. The van der Waals surface area contributed by atoms with Crippen molar-refractivity contribution in [3.63, 3.8) is 0 Å². The van der Waals surface area contributed by atoms with Gasteiger partial charge in [-0.2, -0.15) is 0 Å². The molecule has 0 N–H and O–H groups in total. The van der Waals surface area contributed by atoms with Gasteiger partial charge in [-0.1, -0.05) is 18.2 Å². The van der Waals surface area contributed by atoms with Gasteiger partial charge in [0.15, 0.2) is 11.4 Å². The van der Waals surface area contributed by atoms with Gasteiger partial charge in [-0.25, -0.2) is 9.37 Å². The molecule has 20 heavy (non-hydrogen) atoms. The summed E-state index contributed by atoms with van der Waals surface area (Å²) in [7, 11) is 0. The third-order valence-corrected chi connectivity index (χ3v) is 3.55. The van der Waals surface area contributed by atoms with Gasteiger partial charge in [-0.3, -0.25) is 4.79 Å². The van der Waals surface area contributed by atoms with E-state index in [1.54, 1.807) is 18.2 Å². The van der Waals surface area contributed by atoms with Gasteiger partial charge in [-0.05, 0) is 40.2 Å². The van der Waals surface area contributed by atoms with E-state index in [1.165, 1.54) is 12.1 Å². The Balaban J connectivity index is 1.92. The summed E-state index contributed by atoms with van der Waals surface area (Å²) in [6.07, 6.45) is -0.0752. The van der Waals surface area contributed by atoms with Gasteiger partial charge in [0, 0.05) is 4.47 Å². The van der Waals surface area contributed by atoms with Gasteiger partial charge in [0.2, 0.25) is 5.89 Å². The molecular weight excluding hydrogens is 325 g/mol. The van der Waals surface area contributed by atoms with Crippen LogP contribution in [-0.2, 0) is 6.42 Å². The first-order valence-corrected chi connectivity index (χ1v) is 6.76. The minimum absolute atomic E-state index is 0.0229. The molecule has 0 unspecified atom stereocenters. The number of hydrogen-bond acceptors (Lipinski definition) is 3. The van der Waals surface area contributed by atoms with Crippen LogP contribution in [0, 0.1) is 5.82 Å². The molecular formula is C15H9BrFNO2. The Hall–Kier alpha value is -2.01. The van der Waals surface area contributed by atoms with Crippen molar-refractivity contribution >= 4 is 32.8 Å². The molecule has 0 aliphatic heterocycles. The average molecular weight is 334 g/mol. The second-order valence-electron chi connectivity index (χ2n) is 4.27. The van der Waals surface area contributed by atoms with Crippen LogP contribution in [-0.4, -0.2) is 10.8 Å². The van der Waals surface area contributed by atoms with Crippen molar-refractivity contribution in [2.75, 3.05) is 0 Å². The topological polar surface area (TPSA) is 43.1 Å². The van der Waals surface area contributed by atoms with E-state index >= 15 is 0 Å². The molecule has 3 rings (SSSR count). The second kappa shape index (κ2) is 5.17. The molecule has 1 heterocycles. The van der Waals surface area contributed by atoms with Crippen LogP contribution in [0.15, 0.2) is 51.4 Å². The van der Waals surface area contributed by atoms with Crippen LogP contribution in [0.3, 0.4) is 0 Å². The predicted molar refractivity (Wildman–Crippen MR) is 76.1 cm³/mol. The largest absolute Gasteiger partial charge is 0.440 e. The summed E-state index contributed by atoms with van der Waals surface area (Å²) < 4.78 is 19.6. The lowest BCUT2D eigenvalue weighted by Gasteiger charge is -2.03. The van der Waals surface area contributed by atoms with Crippen molar-refractivity contribution in [1.82, 2.24) is 4.98 Å². The van der Waals surface area contributed by atoms with E-state index in [2.05, 4.69) is 20.9 Å². The molecule has 0 radical (unpaired) electrons. The monoisotopic (exact) mass is 333 g/mol. The quantitative estimate of drug-likeness (QED) is 0.676. The molecule has 3 aromatic rings. The summed E-state index contributed by atoms with van der Waals surface area (Å²) >= 11 is 3.18. The predicted octanol–water partition coefficient (Wildman–Crippen LogP) is 4.15. The van der Waals surface area contributed by atoms with Gasteiger partial charge in [-0.15, -0.1) is 0 Å². The maximum atomic E-state index is 13.7. The lowest BCUT2D eigenvalue weighted by Crippen LogP contribution is -2.07. The van der Waals surface area contributed by atoms with Crippen molar-refractivity contribution < 1.29 is 13.6 Å². The fraction of sp³-hybridized carbons (Fsp3) is 0.0667. The molecule has 1 aromatic heterocycles. The Labute approximate surface area is 122 Å². The number of halogens is 2. The molecule has 2 aromatic carbocycles. The van der Waals surface area contributed by atoms with E-state index in [9.17, 15) is 9.18 Å². The highest BCUT2D eigenvalue weighted by molar-refractivity contribution is 9.10. The molecule has 0 bridgehead atoms. The van der Waals surface area contributed by atoms with Gasteiger partial charge >= 0.3 is 0 Å². The number of para-hydroxylation sites is 2. The maximum Gasteiger partial charge on any atom is 0.203 e. The van der Waals surface area contributed by atoms with Crippen LogP contribution in [0.4, 0.5) is 4.39 Å². The summed E-state index contributed by atoms with van der Waals surface area (Å²) in [5, 5.41) is 0. The Morgan fingerprint density at radius 3 is 2.75 bits per heavy atom. The van der Waals surface area contributed by atoms with E-state index in [4.69, 9.17) is 4.42 Å². The SMILES string of the molecule is O=C(Cc1nc2ccccc2o1)c1c(F)cccc1Br. The Bertz CT molecular complexity index is 744. The molecule has 0 atom stereocenters. The zero-order chi connectivity index (χ0) is 14.1. The van der Waals surface area contributed by atoms with Crippen molar-refractivity contribution in [3.05, 3.63) is 64.2 Å². The number of fused-ring (bicyclic) bond motifs is 1. The zero-order valence-electron chi connectivity index (χ0n) is 10.3. The number of hydrogen-bond donors (Lipinski definition) is 0. The van der Waals surface area contributed by atoms with Crippen LogP contribution in [0.25, 0.3) is 11.1 Å². The normalized spacial score (nSPS) is 10.9. The van der Waals surface area contributed by atoms with E-state index in [-0.39, 0.29) is 23.7 Å². The number of nitrogens with zero attached hydrogens (tertiary/aromatic N) is 1. The fourth-order valence-corrected chi connectivity index (χ4v) is 2.55. The molecule has 0 spiro atoms. The highest BCUT2D eigenvalue weighted by Crippen LogP contribution is 2.22. The standard InChI is InChI=1S/C15H9BrFNO2/c16-9-4-3-5-10(17)15(9)12(19)8-14-18-11-6-1-2-7-13(11)20-14/h1-7H,8H2. The third-order valence-electron chi connectivity index (χ3n) is 2.89. The van der Waals surface area contributed by atoms with Crippen LogP contribution < -0.4 is 0 Å². The van der Waals surface area contributed by atoms with E-state index in [1.807, 2.05) is 12.1 Å². The summed E-state index contributed by atoms with van der Waals surface area (Å²) in [4.78, 5) is 16.4. The smallest absolute Gasteiger partial charge is 0.203 e. The molecule has 100 valence electrons. The van der Waals surface area contributed by atoms with Gasteiger partial charge in [0.1, 0.15) is 11.3 Å². The van der Waals surface area contributed by atoms with Crippen LogP contribution >= 0.6 is 15.9 Å². The molecule has 0 aliphatic carbocycles. The first-order chi connectivity index (χ1) is 9.65. The number of carbonyl (C=O) groups is 1. The van der Waals surface area contributed by atoms with E-state index in [0.717, 1.165) is 0 Å². The zero-order valence-corrected chi connectivity index (χ0v) is 11.9. The lowest BCUT2D eigenvalue weighted by atomic mass is 10.1. The average Bonchev–Trinajstić information content (AvgIpc) is 2.80. The third kappa shape index (κ3) is 2.36. The number of ketones is 1. The minimum atomic E-state index is -0.555. The molecule has 3 nitrogen and oxygen atoms in total. The van der Waals surface area contributed by atoms with Gasteiger partial charge in [0.05, 0.1) is 12.0 Å². The maximum absolute atomic E-state index is 13.7. The van der Waals surface area contributed by atoms with Gasteiger partial charge in [0.25, 0.3) is 0 Å². The Morgan fingerprint density at radius 2 is 2.00 bits per heavy atom. The summed E-state index contributed by atoms with van der Waals surface area (Å²) in [5.41, 5.74) is 1.32. The molecule has 0 amide bonds. The fourth-order valence-electron chi connectivity index (χ4n) is 1.99. The number of Topliss-reactive ketones (excluding diaryl/α,β-unsaturated/α-hetero) is 1. The van der Waals surface area contributed by atoms with Crippen LogP contribution in [0.1, 0.15) is 16.2 Å². The lowest BCUT2D eigenvalue weighted by molar-refractivity contribution is 0.0981. The number of oxazole rings is 1. The number of benzene rings is 2.